The molecule has 4 heteroatoms. The van der Waals surface area contributed by atoms with Crippen LogP contribution in [0.15, 0.2) is 12.1 Å². The number of Topliss-reactive ketones (excluding diaryl/α,β-unsaturated/α-hetero) is 1. The maximum atomic E-state index is 11.6. The highest BCUT2D eigenvalue weighted by Crippen LogP contribution is 2.34. The molecule has 0 radical (unpaired) electrons. The van der Waals surface area contributed by atoms with Gasteiger partial charge in [-0.1, -0.05) is 37.0 Å². The minimum atomic E-state index is 0.291. The van der Waals surface area contributed by atoms with E-state index in [1.807, 2.05) is 19.1 Å². The van der Waals surface area contributed by atoms with Gasteiger partial charge in [0.05, 0.1) is 17.2 Å². The third kappa shape index (κ3) is 5.04. The van der Waals surface area contributed by atoms with Gasteiger partial charge in [0.1, 0.15) is 5.78 Å². The van der Waals surface area contributed by atoms with E-state index in [9.17, 15) is 4.79 Å². The molecule has 0 saturated heterocycles. The molecule has 0 amide bonds. The first-order valence-corrected chi connectivity index (χ1v) is 7.27. The second-order valence-electron chi connectivity index (χ2n) is 4.89. The molecule has 0 N–H and O–H groups in total. The van der Waals surface area contributed by atoms with Crippen LogP contribution in [-0.2, 0) is 11.2 Å². The molecule has 1 rings (SSSR count). The monoisotopic (exact) mass is 302 g/mol. The summed E-state index contributed by atoms with van der Waals surface area (Å²) in [6, 6.07) is 3.71. The van der Waals surface area contributed by atoms with E-state index in [1.165, 1.54) is 0 Å². The molecule has 1 aromatic carbocycles. The van der Waals surface area contributed by atoms with Crippen LogP contribution < -0.4 is 4.74 Å². The molecule has 1 atom stereocenters. The van der Waals surface area contributed by atoms with Gasteiger partial charge in [0.2, 0.25) is 0 Å². The standard InChI is InChI=1S/C15H20Cl2O2/c1-4-5-12(18)7-10(2)6-11-8-13(16)15(19-3)14(17)9-11/h8-10H,4-7H2,1-3H3. The van der Waals surface area contributed by atoms with Crippen molar-refractivity contribution in [3.8, 4) is 5.75 Å². The Hall–Kier alpha value is -0.730. The number of ketones is 1. The van der Waals surface area contributed by atoms with Crippen LogP contribution in [0.3, 0.4) is 0 Å². The second kappa shape index (κ2) is 7.76. The van der Waals surface area contributed by atoms with E-state index in [1.54, 1.807) is 7.11 Å². The minimum Gasteiger partial charge on any atom is -0.494 e. The first kappa shape index (κ1) is 16.3. The van der Waals surface area contributed by atoms with Crippen molar-refractivity contribution in [3.63, 3.8) is 0 Å². The van der Waals surface area contributed by atoms with Gasteiger partial charge in [0.15, 0.2) is 5.75 Å². The van der Waals surface area contributed by atoms with E-state index in [4.69, 9.17) is 27.9 Å². The summed E-state index contributed by atoms with van der Waals surface area (Å²) in [5, 5.41) is 1.02. The highest BCUT2D eigenvalue weighted by Gasteiger charge is 2.13. The van der Waals surface area contributed by atoms with Gasteiger partial charge in [-0.15, -0.1) is 0 Å². The van der Waals surface area contributed by atoms with E-state index in [2.05, 4.69) is 6.92 Å². The molecule has 0 aliphatic rings. The highest BCUT2D eigenvalue weighted by atomic mass is 35.5. The van der Waals surface area contributed by atoms with Crippen LogP contribution >= 0.6 is 23.2 Å². The first-order valence-electron chi connectivity index (χ1n) is 6.51. The Labute approximate surface area is 125 Å². The number of halogens is 2. The van der Waals surface area contributed by atoms with Crippen LogP contribution in [0.25, 0.3) is 0 Å². The van der Waals surface area contributed by atoms with Crippen molar-refractivity contribution in [2.45, 2.75) is 39.5 Å². The lowest BCUT2D eigenvalue weighted by Crippen LogP contribution is -2.08. The molecule has 0 heterocycles. The summed E-state index contributed by atoms with van der Waals surface area (Å²) in [4.78, 5) is 11.6. The minimum absolute atomic E-state index is 0.291. The van der Waals surface area contributed by atoms with E-state index in [-0.39, 0.29) is 0 Å². The average molecular weight is 303 g/mol. The van der Waals surface area contributed by atoms with Crippen LogP contribution in [0.5, 0.6) is 5.75 Å². The van der Waals surface area contributed by atoms with Crippen molar-refractivity contribution in [1.82, 2.24) is 0 Å². The fourth-order valence-corrected chi connectivity index (χ4v) is 2.86. The van der Waals surface area contributed by atoms with Crippen molar-refractivity contribution < 1.29 is 9.53 Å². The zero-order chi connectivity index (χ0) is 14.4. The SMILES string of the molecule is CCCC(=O)CC(C)Cc1cc(Cl)c(OC)c(Cl)c1. The smallest absolute Gasteiger partial charge is 0.156 e. The summed E-state index contributed by atoms with van der Waals surface area (Å²) < 4.78 is 5.11. The van der Waals surface area contributed by atoms with E-state index in [0.29, 0.717) is 40.3 Å². The van der Waals surface area contributed by atoms with Crippen molar-refractivity contribution >= 4 is 29.0 Å². The van der Waals surface area contributed by atoms with Crippen molar-refractivity contribution in [2.75, 3.05) is 7.11 Å². The van der Waals surface area contributed by atoms with Crippen LogP contribution in [-0.4, -0.2) is 12.9 Å². The number of carbonyl (C=O) groups is 1. The lowest BCUT2D eigenvalue weighted by Gasteiger charge is -2.13. The number of hydrogen-bond donors (Lipinski definition) is 0. The molecule has 0 aromatic heterocycles. The quantitative estimate of drug-likeness (QED) is 0.713. The topological polar surface area (TPSA) is 26.3 Å². The fraction of sp³-hybridized carbons (Fsp3) is 0.533. The molecule has 0 fully saturated rings. The Balaban J connectivity index is 2.69. The number of hydrogen-bond acceptors (Lipinski definition) is 2. The Morgan fingerprint density at radius 1 is 1.32 bits per heavy atom. The van der Waals surface area contributed by atoms with Crippen LogP contribution in [0.4, 0.5) is 0 Å². The van der Waals surface area contributed by atoms with Gasteiger partial charge in [-0.05, 0) is 36.5 Å². The van der Waals surface area contributed by atoms with Gasteiger partial charge in [-0.25, -0.2) is 0 Å². The molecule has 0 aliphatic heterocycles. The predicted octanol–water partition coefficient (Wildman–Crippen LogP) is 4.94. The molecule has 0 bridgehead atoms. The molecule has 0 aliphatic carbocycles. The molecule has 1 unspecified atom stereocenters. The summed E-state index contributed by atoms with van der Waals surface area (Å²) >= 11 is 12.2. The van der Waals surface area contributed by atoms with Crippen LogP contribution in [0.2, 0.25) is 10.0 Å². The van der Waals surface area contributed by atoms with Gasteiger partial charge in [-0.3, -0.25) is 4.79 Å². The largest absolute Gasteiger partial charge is 0.494 e. The third-order valence-corrected chi connectivity index (χ3v) is 3.51. The summed E-state index contributed by atoms with van der Waals surface area (Å²) in [5.74, 6) is 1.11. The number of ether oxygens (including phenoxy) is 1. The van der Waals surface area contributed by atoms with Gasteiger partial charge in [0, 0.05) is 12.8 Å². The van der Waals surface area contributed by atoms with E-state index in [0.717, 1.165) is 18.4 Å². The van der Waals surface area contributed by atoms with Crippen molar-refractivity contribution in [2.24, 2.45) is 5.92 Å². The Kier molecular flexibility index (Phi) is 6.67. The summed E-state index contributed by atoms with van der Waals surface area (Å²) in [6.45, 7) is 4.09. The van der Waals surface area contributed by atoms with Gasteiger partial charge >= 0.3 is 0 Å². The highest BCUT2D eigenvalue weighted by molar-refractivity contribution is 6.37. The lowest BCUT2D eigenvalue weighted by molar-refractivity contribution is -0.119. The maximum Gasteiger partial charge on any atom is 0.156 e. The fourth-order valence-electron chi connectivity index (χ4n) is 2.17. The molecular weight excluding hydrogens is 283 g/mol. The summed E-state index contributed by atoms with van der Waals surface area (Å²) in [5.41, 5.74) is 1.03. The number of methoxy groups -OCH3 is 1. The molecule has 0 saturated carbocycles. The number of rotatable bonds is 7. The van der Waals surface area contributed by atoms with Crippen molar-refractivity contribution in [3.05, 3.63) is 27.7 Å². The summed E-state index contributed by atoms with van der Waals surface area (Å²) in [7, 11) is 1.54. The molecule has 2 nitrogen and oxygen atoms in total. The normalized spacial score (nSPS) is 12.3. The van der Waals surface area contributed by atoms with E-state index >= 15 is 0 Å². The Morgan fingerprint density at radius 2 is 1.89 bits per heavy atom. The van der Waals surface area contributed by atoms with Gasteiger partial charge in [0.25, 0.3) is 0 Å². The molecule has 0 spiro atoms. The van der Waals surface area contributed by atoms with E-state index < -0.39 is 0 Å². The number of carbonyl (C=O) groups excluding carboxylic acids is 1. The van der Waals surface area contributed by atoms with Crippen molar-refractivity contribution in [1.29, 1.82) is 0 Å². The molecule has 1 aromatic rings. The Bertz CT molecular complexity index is 421. The van der Waals surface area contributed by atoms with Gasteiger partial charge < -0.3 is 4.74 Å². The second-order valence-corrected chi connectivity index (χ2v) is 5.71. The maximum absolute atomic E-state index is 11.6. The van der Waals surface area contributed by atoms with Gasteiger partial charge in [-0.2, -0.15) is 0 Å². The summed E-state index contributed by atoms with van der Waals surface area (Å²) in [6.07, 6.45) is 2.97. The molecular formula is C15H20Cl2O2. The third-order valence-electron chi connectivity index (χ3n) is 2.95. The Morgan fingerprint density at radius 3 is 2.37 bits per heavy atom. The average Bonchev–Trinajstić information content (AvgIpc) is 2.28. The van der Waals surface area contributed by atoms with Crippen LogP contribution in [0.1, 0.15) is 38.7 Å². The first-order chi connectivity index (χ1) is 8.97. The molecule has 19 heavy (non-hydrogen) atoms. The number of benzene rings is 1. The van der Waals surface area contributed by atoms with Crippen LogP contribution in [0, 0.1) is 5.92 Å². The predicted molar refractivity (Wildman–Crippen MR) is 80.4 cm³/mol. The molecule has 106 valence electrons. The zero-order valence-electron chi connectivity index (χ0n) is 11.6. The zero-order valence-corrected chi connectivity index (χ0v) is 13.1. The lowest BCUT2D eigenvalue weighted by atomic mass is 9.95.